The Bertz CT molecular complexity index is 853. The number of carbonyl (C=O) groups excluding carboxylic acids is 1. The summed E-state index contributed by atoms with van der Waals surface area (Å²) in [4.78, 5) is 18.1. The molecule has 3 aromatic rings. The Morgan fingerprint density at radius 2 is 1.92 bits per heavy atom. The lowest BCUT2D eigenvalue weighted by molar-refractivity contribution is 0.0747. The lowest BCUT2D eigenvalue weighted by Crippen LogP contribution is -2.31. The molecule has 4 nitrogen and oxygen atoms in total. The number of benzene rings is 2. The molecule has 0 atom stereocenters. The summed E-state index contributed by atoms with van der Waals surface area (Å²) in [7, 11) is 1.64. The summed E-state index contributed by atoms with van der Waals surface area (Å²) in [6, 6.07) is 15.9. The van der Waals surface area contributed by atoms with Gasteiger partial charge in [-0.1, -0.05) is 30.3 Å². The predicted molar refractivity (Wildman–Crippen MR) is 96.4 cm³/mol. The van der Waals surface area contributed by atoms with Crippen LogP contribution in [-0.4, -0.2) is 29.4 Å². The van der Waals surface area contributed by atoms with Crippen LogP contribution in [0.15, 0.2) is 48.5 Å². The molecule has 0 spiro atoms. The van der Waals surface area contributed by atoms with Gasteiger partial charge >= 0.3 is 0 Å². The average molecular weight is 322 g/mol. The van der Waals surface area contributed by atoms with Gasteiger partial charge in [-0.2, -0.15) is 0 Å². The van der Waals surface area contributed by atoms with Gasteiger partial charge in [-0.25, -0.2) is 0 Å². The fraction of sp³-hybridized carbons (Fsp3) is 0.250. The summed E-state index contributed by atoms with van der Waals surface area (Å²) in [5.41, 5.74) is 3.68. The monoisotopic (exact) mass is 322 g/mol. The van der Waals surface area contributed by atoms with Crippen molar-refractivity contribution in [3.8, 4) is 5.75 Å². The molecule has 0 aliphatic heterocycles. The fourth-order valence-corrected chi connectivity index (χ4v) is 2.95. The highest BCUT2D eigenvalue weighted by Gasteiger charge is 2.20. The molecular formula is C20H22N2O2. The number of rotatable bonds is 5. The number of aromatic amines is 1. The second-order valence-corrected chi connectivity index (χ2v) is 5.84. The Kier molecular flexibility index (Phi) is 4.56. The number of H-pyrrole nitrogens is 1. The van der Waals surface area contributed by atoms with Crippen molar-refractivity contribution in [1.82, 2.24) is 9.88 Å². The Morgan fingerprint density at radius 3 is 2.58 bits per heavy atom. The van der Waals surface area contributed by atoms with Gasteiger partial charge in [0.2, 0.25) is 0 Å². The fourth-order valence-electron chi connectivity index (χ4n) is 2.95. The van der Waals surface area contributed by atoms with Crippen LogP contribution in [0.3, 0.4) is 0 Å². The molecule has 0 saturated heterocycles. The van der Waals surface area contributed by atoms with Gasteiger partial charge in [-0.15, -0.1) is 0 Å². The summed E-state index contributed by atoms with van der Waals surface area (Å²) in [6.45, 7) is 5.25. The molecular weight excluding hydrogens is 300 g/mol. The number of hydrogen-bond donors (Lipinski definition) is 1. The molecule has 1 aromatic heterocycles. The molecule has 1 heterocycles. The van der Waals surface area contributed by atoms with E-state index in [1.165, 1.54) is 0 Å². The van der Waals surface area contributed by atoms with Crippen LogP contribution in [-0.2, 0) is 6.54 Å². The van der Waals surface area contributed by atoms with Crippen LogP contribution in [0.2, 0.25) is 0 Å². The van der Waals surface area contributed by atoms with Gasteiger partial charge in [0.25, 0.3) is 5.91 Å². The van der Waals surface area contributed by atoms with Crippen molar-refractivity contribution >= 4 is 16.8 Å². The van der Waals surface area contributed by atoms with Crippen molar-refractivity contribution < 1.29 is 9.53 Å². The van der Waals surface area contributed by atoms with Gasteiger partial charge in [-0.05, 0) is 37.1 Å². The predicted octanol–water partition coefficient (Wildman–Crippen LogP) is 4.15. The zero-order valence-electron chi connectivity index (χ0n) is 14.3. The number of nitrogens with zero attached hydrogens (tertiary/aromatic N) is 1. The summed E-state index contributed by atoms with van der Waals surface area (Å²) < 4.78 is 5.26. The molecule has 4 heteroatoms. The number of methoxy groups -OCH3 is 1. The van der Waals surface area contributed by atoms with Crippen molar-refractivity contribution in [2.45, 2.75) is 20.4 Å². The Hall–Kier alpha value is -2.75. The third kappa shape index (κ3) is 3.00. The summed E-state index contributed by atoms with van der Waals surface area (Å²) in [6.07, 6.45) is 0. The average Bonchev–Trinajstić information content (AvgIpc) is 2.96. The number of carbonyl (C=O) groups is 1. The third-order valence-electron chi connectivity index (χ3n) is 4.36. The van der Waals surface area contributed by atoms with Crippen molar-refractivity contribution in [2.75, 3.05) is 13.7 Å². The third-order valence-corrected chi connectivity index (χ3v) is 4.36. The molecule has 3 rings (SSSR count). The summed E-state index contributed by atoms with van der Waals surface area (Å²) in [5, 5.41) is 1.05. The molecule has 1 N–H and O–H groups in total. The lowest BCUT2D eigenvalue weighted by atomic mass is 10.1. The van der Waals surface area contributed by atoms with Crippen molar-refractivity contribution in [3.63, 3.8) is 0 Å². The molecule has 1 amide bonds. The first-order valence-corrected chi connectivity index (χ1v) is 8.13. The highest BCUT2D eigenvalue weighted by Crippen LogP contribution is 2.26. The van der Waals surface area contributed by atoms with Gasteiger partial charge in [0.1, 0.15) is 11.4 Å². The maximum atomic E-state index is 13.0. The van der Waals surface area contributed by atoms with Gasteiger partial charge < -0.3 is 14.6 Å². The molecule has 24 heavy (non-hydrogen) atoms. The van der Waals surface area contributed by atoms with Crippen molar-refractivity contribution in [3.05, 3.63) is 65.4 Å². The number of nitrogens with one attached hydrogen (secondary N) is 1. The van der Waals surface area contributed by atoms with Crippen LogP contribution in [0, 0.1) is 6.92 Å². The number of aromatic nitrogens is 1. The van der Waals surface area contributed by atoms with Crippen molar-refractivity contribution in [1.29, 1.82) is 0 Å². The first-order chi connectivity index (χ1) is 11.6. The van der Waals surface area contributed by atoms with Crippen LogP contribution in [0.5, 0.6) is 5.75 Å². The maximum Gasteiger partial charge on any atom is 0.270 e. The van der Waals surface area contributed by atoms with Crippen LogP contribution >= 0.6 is 0 Å². The number of ether oxygens (including phenoxy) is 1. The van der Waals surface area contributed by atoms with E-state index >= 15 is 0 Å². The van der Waals surface area contributed by atoms with E-state index in [1.807, 2.05) is 67.3 Å². The van der Waals surface area contributed by atoms with Crippen LogP contribution < -0.4 is 4.74 Å². The van der Waals surface area contributed by atoms with Crippen LogP contribution in [0.4, 0.5) is 0 Å². The second-order valence-electron chi connectivity index (χ2n) is 5.84. The van der Waals surface area contributed by atoms with E-state index in [-0.39, 0.29) is 5.91 Å². The topological polar surface area (TPSA) is 45.3 Å². The summed E-state index contributed by atoms with van der Waals surface area (Å²) >= 11 is 0. The van der Waals surface area contributed by atoms with Gasteiger partial charge in [-0.3, -0.25) is 4.79 Å². The smallest absolute Gasteiger partial charge is 0.270 e. The highest BCUT2D eigenvalue weighted by atomic mass is 16.5. The molecule has 0 fully saturated rings. The number of hydrogen-bond acceptors (Lipinski definition) is 2. The minimum atomic E-state index is 0.0222. The first-order valence-electron chi connectivity index (χ1n) is 8.13. The quantitative estimate of drug-likeness (QED) is 0.767. The molecule has 124 valence electrons. The molecule has 0 aliphatic rings. The first kappa shape index (κ1) is 16.1. The maximum absolute atomic E-state index is 13.0. The Labute approximate surface area is 142 Å². The van der Waals surface area contributed by atoms with Gasteiger partial charge in [0, 0.05) is 30.1 Å². The SMILES string of the molecule is CCN(Cc1ccccc1)C(=O)c1[nH]c2cc(OC)ccc2c1C. The van der Waals surface area contributed by atoms with Crippen molar-refractivity contribution in [2.24, 2.45) is 0 Å². The minimum absolute atomic E-state index is 0.0222. The number of fused-ring (bicyclic) bond motifs is 1. The van der Waals surface area contributed by atoms with Gasteiger partial charge in [0.05, 0.1) is 7.11 Å². The van der Waals surface area contributed by atoms with E-state index < -0.39 is 0 Å². The standard InChI is InChI=1S/C20H22N2O2/c1-4-22(13-15-8-6-5-7-9-15)20(23)19-14(2)17-11-10-16(24-3)12-18(17)21-19/h5-12,21H,4,13H2,1-3H3. The van der Waals surface area contributed by atoms with E-state index in [0.29, 0.717) is 18.8 Å². The second kappa shape index (κ2) is 6.79. The summed E-state index contributed by atoms with van der Waals surface area (Å²) in [5.74, 6) is 0.799. The lowest BCUT2D eigenvalue weighted by Gasteiger charge is -2.20. The minimum Gasteiger partial charge on any atom is -0.497 e. The van der Waals surface area contributed by atoms with Crippen LogP contribution in [0.25, 0.3) is 10.9 Å². The zero-order valence-corrected chi connectivity index (χ0v) is 14.3. The number of amides is 1. The molecule has 0 saturated carbocycles. The molecule has 0 bridgehead atoms. The van der Waals surface area contributed by atoms with E-state index in [4.69, 9.17) is 4.74 Å². The molecule has 2 aromatic carbocycles. The van der Waals surface area contributed by atoms with E-state index in [9.17, 15) is 4.79 Å². The Balaban J connectivity index is 1.93. The van der Waals surface area contributed by atoms with E-state index in [0.717, 1.165) is 27.8 Å². The highest BCUT2D eigenvalue weighted by molar-refractivity contribution is 6.01. The molecule has 0 aliphatic carbocycles. The number of aryl methyl sites for hydroxylation is 1. The largest absolute Gasteiger partial charge is 0.497 e. The zero-order chi connectivity index (χ0) is 17.1. The molecule has 0 radical (unpaired) electrons. The molecule has 0 unspecified atom stereocenters. The van der Waals surface area contributed by atoms with E-state index in [2.05, 4.69) is 4.98 Å². The van der Waals surface area contributed by atoms with Gasteiger partial charge in [0.15, 0.2) is 0 Å². The van der Waals surface area contributed by atoms with Crippen LogP contribution in [0.1, 0.15) is 28.5 Å². The Morgan fingerprint density at radius 1 is 1.17 bits per heavy atom. The van der Waals surface area contributed by atoms with E-state index in [1.54, 1.807) is 7.11 Å². The normalized spacial score (nSPS) is 10.8.